The summed E-state index contributed by atoms with van der Waals surface area (Å²) in [6, 6.07) is 33.6. The Morgan fingerprint density at radius 2 is 1.18 bits per heavy atom. The number of rotatable bonds is 4. The topological polar surface area (TPSA) is 71.2 Å². The van der Waals surface area contributed by atoms with Gasteiger partial charge in [0.15, 0.2) is 0 Å². The molecule has 0 aliphatic carbocycles. The molecule has 8 rings (SSSR count). The van der Waals surface area contributed by atoms with Gasteiger partial charge in [-0.1, -0.05) is 72.8 Å². The number of para-hydroxylation sites is 2. The molecule has 0 saturated heterocycles. The minimum Gasteiger partial charge on any atom is -0.392 e. The molecule has 0 spiro atoms. The molecule has 4 heterocycles. The zero-order valence-corrected chi connectivity index (χ0v) is 24.9. The van der Waals surface area contributed by atoms with Gasteiger partial charge in [-0.25, -0.2) is 0 Å². The van der Waals surface area contributed by atoms with Gasteiger partial charge in [0.25, 0.3) is 0 Å². The summed E-state index contributed by atoms with van der Waals surface area (Å²) in [5, 5.41) is 18.9. The number of aldehydes is 1. The number of hydrogen-bond acceptors (Lipinski definition) is 4. The summed E-state index contributed by atoms with van der Waals surface area (Å²) in [6.07, 6.45) is 3.04. The fraction of sp³-hybridized carbons (Fsp3) is 0.237. The van der Waals surface area contributed by atoms with Crippen LogP contribution in [0.1, 0.15) is 27.3 Å². The predicted molar refractivity (Wildman–Crippen MR) is 179 cm³/mol. The van der Waals surface area contributed by atoms with Gasteiger partial charge in [-0.05, 0) is 41.0 Å². The SMILES string of the molecule is O=Cc1cccc(-c2cccc3cc4n(c23)CCNCC4)c1.OCc1cccc(-c2cccc3cc4n(c23)CCNCC4)c1. The molecule has 2 aliphatic rings. The Labute approximate surface area is 258 Å². The van der Waals surface area contributed by atoms with Crippen LogP contribution in [-0.2, 0) is 32.5 Å². The highest BCUT2D eigenvalue weighted by molar-refractivity contribution is 5.97. The first-order valence-corrected chi connectivity index (χ1v) is 15.6. The number of carbonyl (C=O) groups is 1. The van der Waals surface area contributed by atoms with Crippen molar-refractivity contribution in [1.29, 1.82) is 0 Å². The van der Waals surface area contributed by atoms with Gasteiger partial charge in [0.05, 0.1) is 17.6 Å². The maximum absolute atomic E-state index is 11.1. The minimum absolute atomic E-state index is 0.0833. The third kappa shape index (κ3) is 5.48. The van der Waals surface area contributed by atoms with E-state index in [9.17, 15) is 9.90 Å². The molecule has 0 radical (unpaired) electrons. The Morgan fingerprint density at radius 3 is 1.75 bits per heavy atom. The fourth-order valence-electron chi connectivity index (χ4n) is 6.83. The lowest BCUT2D eigenvalue weighted by molar-refractivity contribution is 0.112. The van der Waals surface area contributed by atoms with E-state index < -0.39 is 0 Å². The molecule has 6 aromatic rings. The molecule has 0 unspecified atom stereocenters. The highest BCUT2D eigenvalue weighted by atomic mass is 16.3. The van der Waals surface area contributed by atoms with Gasteiger partial charge in [0.2, 0.25) is 0 Å². The maximum atomic E-state index is 11.1. The second kappa shape index (κ2) is 12.6. The number of nitrogens with one attached hydrogen (secondary N) is 2. The molecule has 0 amide bonds. The highest BCUT2D eigenvalue weighted by Gasteiger charge is 2.16. The third-order valence-corrected chi connectivity index (χ3v) is 8.91. The van der Waals surface area contributed by atoms with Crippen LogP contribution in [0.25, 0.3) is 44.1 Å². The van der Waals surface area contributed by atoms with E-state index in [0.717, 1.165) is 75.1 Å². The molecule has 222 valence electrons. The zero-order chi connectivity index (χ0) is 29.9. The Balaban J connectivity index is 0.000000142. The van der Waals surface area contributed by atoms with Crippen LogP contribution in [-0.4, -0.2) is 46.7 Å². The van der Waals surface area contributed by atoms with E-state index in [1.54, 1.807) is 0 Å². The van der Waals surface area contributed by atoms with Crippen molar-refractivity contribution < 1.29 is 9.90 Å². The number of fused-ring (bicyclic) bond motifs is 6. The van der Waals surface area contributed by atoms with E-state index in [-0.39, 0.29) is 6.61 Å². The van der Waals surface area contributed by atoms with Gasteiger partial charge in [-0.15, -0.1) is 0 Å². The predicted octanol–water partition coefficient (Wildman–Crippen LogP) is 6.21. The van der Waals surface area contributed by atoms with Crippen molar-refractivity contribution in [2.75, 3.05) is 26.2 Å². The summed E-state index contributed by atoms with van der Waals surface area (Å²) in [5.74, 6) is 0. The molecule has 6 heteroatoms. The average Bonchev–Trinajstić information content (AvgIpc) is 3.39. The van der Waals surface area contributed by atoms with Gasteiger partial charge in [-0.3, -0.25) is 4.79 Å². The van der Waals surface area contributed by atoms with Crippen molar-refractivity contribution in [2.24, 2.45) is 0 Å². The smallest absolute Gasteiger partial charge is 0.150 e. The van der Waals surface area contributed by atoms with Crippen LogP contribution in [0.5, 0.6) is 0 Å². The van der Waals surface area contributed by atoms with Gasteiger partial charge in [-0.2, -0.15) is 0 Å². The standard InChI is InChI=1S/C19H20N2O.C19H18N2O/c2*22-13-14-3-1-4-15(11-14)18-6-2-5-16-12-17-7-8-20-9-10-21(17)19(16)18/h1-6,11-12,20,22H,7-10,13H2;1-6,11-13,20H,7-10H2. The molecule has 4 aromatic carbocycles. The van der Waals surface area contributed by atoms with Crippen LogP contribution >= 0.6 is 0 Å². The first-order valence-electron chi connectivity index (χ1n) is 15.6. The first-order chi connectivity index (χ1) is 21.7. The highest BCUT2D eigenvalue weighted by Crippen LogP contribution is 2.33. The van der Waals surface area contributed by atoms with Gasteiger partial charge >= 0.3 is 0 Å². The molecule has 0 fully saturated rings. The van der Waals surface area contributed by atoms with Crippen molar-refractivity contribution in [1.82, 2.24) is 19.8 Å². The van der Waals surface area contributed by atoms with Crippen molar-refractivity contribution in [3.63, 3.8) is 0 Å². The lowest BCUT2D eigenvalue weighted by Gasteiger charge is -2.11. The van der Waals surface area contributed by atoms with Crippen molar-refractivity contribution in [3.8, 4) is 22.3 Å². The largest absolute Gasteiger partial charge is 0.392 e. The number of hydrogen-bond donors (Lipinski definition) is 3. The monoisotopic (exact) mass is 582 g/mol. The molecule has 6 nitrogen and oxygen atoms in total. The van der Waals surface area contributed by atoms with E-state index in [4.69, 9.17) is 0 Å². The molecule has 0 bridgehead atoms. The quantitative estimate of drug-likeness (QED) is 0.216. The Bertz CT molecular complexity index is 1950. The van der Waals surface area contributed by atoms with Crippen LogP contribution in [0, 0.1) is 0 Å². The lowest BCUT2D eigenvalue weighted by Crippen LogP contribution is -2.17. The van der Waals surface area contributed by atoms with E-state index >= 15 is 0 Å². The van der Waals surface area contributed by atoms with Crippen molar-refractivity contribution in [2.45, 2.75) is 32.5 Å². The second-order valence-corrected chi connectivity index (χ2v) is 11.7. The summed E-state index contributed by atoms with van der Waals surface area (Å²) in [5.41, 5.74) is 11.8. The van der Waals surface area contributed by atoms with E-state index in [1.807, 2.05) is 30.3 Å². The van der Waals surface area contributed by atoms with Crippen LogP contribution in [0.15, 0.2) is 97.1 Å². The first kappa shape index (κ1) is 28.3. The molecule has 0 saturated carbocycles. The number of carbonyl (C=O) groups excluding carboxylic acids is 1. The van der Waals surface area contributed by atoms with Crippen LogP contribution in [0.2, 0.25) is 0 Å². The number of benzene rings is 4. The number of nitrogens with zero attached hydrogens (tertiary/aromatic N) is 2. The summed E-state index contributed by atoms with van der Waals surface area (Å²) < 4.78 is 4.88. The molecule has 44 heavy (non-hydrogen) atoms. The zero-order valence-electron chi connectivity index (χ0n) is 24.9. The minimum atomic E-state index is 0.0833. The van der Waals surface area contributed by atoms with Gasteiger partial charge in [0, 0.05) is 91.0 Å². The van der Waals surface area contributed by atoms with E-state index in [1.165, 1.54) is 49.9 Å². The van der Waals surface area contributed by atoms with Crippen LogP contribution < -0.4 is 10.6 Å². The van der Waals surface area contributed by atoms with Crippen LogP contribution in [0.4, 0.5) is 0 Å². The van der Waals surface area contributed by atoms with Gasteiger partial charge < -0.3 is 24.9 Å². The van der Waals surface area contributed by atoms with Gasteiger partial charge in [0.1, 0.15) is 6.29 Å². The van der Waals surface area contributed by atoms with E-state index in [2.05, 4.69) is 86.5 Å². The van der Waals surface area contributed by atoms with E-state index in [0.29, 0.717) is 0 Å². The normalized spacial score (nSPS) is 14.7. The number of aliphatic hydroxyl groups excluding tert-OH is 1. The Kier molecular flexibility index (Phi) is 8.12. The molecule has 0 atom stereocenters. The molecule has 3 N–H and O–H groups in total. The third-order valence-electron chi connectivity index (χ3n) is 8.91. The maximum Gasteiger partial charge on any atom is 0.150 e. The molecular weight excluding hydrogens is 544 g/mol. The second-order valence-electron chi connectivity index (χ2n) is 11.7. The molecule has 2 aromatic heterocycles. The molecular formula is C38H38N4O2. The summed E-state index contributed by atoms with van der Waals surface area (Å²) in [4.78, 5) is 11.1. The van der Waals surface area contributed by atoms with Crippen molar-refractivity contribution >= 4 is 28.1 Å². The summed E-state index contributed by atoms with van der Waals surface area (Å²) in [6.45, 7) is 6.18. The number of aliphatic hydroxyl groups is 1. The Morgan fingerprint density at radius 1 is 0.636 bits per heavy atom. The summed E-state index contributed by atoms with van der Waals surface area (Å²) >= 11 is 0. The van der Waals surface area contributed by atoms with Crippen LogP contribution in [0.3, 0.4) is 0 Å². The lowest BCUT2D eigenvalue weighted by atomic mass is 10.0. The molecule has 2 aliphatic heterocycles. The summed E-state index contributed by atoms with van der Waals surface area (Å²) in [7, 11) is 0. The fourth-order valence-corrected chi connectivity index (χ4v) is 6.83. The van der Waals surface area contributed by atoms with Crippen molar-refractivity contribution in [3.05, 3.63) is 120 Å². The average molecular weight is 583 g/mol. The number of aromatic nitrogens is 2. The Hall–Kier alpha value is -4.49.